The lowest BCUT2D eigenvalue weighted by Gasteiger charge is -2.27. The molecule has 0 saturated carbocycles. The molecule has 2 amide bonds. The number of carbonyl (C=O) groups excluding carboxylic acids is 1. The molecule has 0 spiro atoms. The molecule has 0 bridgehead atoms. The Morgan fingerprint density at radius 1 is 1.27 bits per heavy atom. The van der Waals surface area contributed by atoms with Gasteiger partial charge in [-0.25, -0.2) is 9.78 Å². The lowest BCUT2D eigenvalue weighted by atomic mass is 9.98. The lowest BCUT2D eigenvalue weighted by molar-refractivity contribution is -0.274. The molecular formula is C21H23F3N4O5. The third-order valence-corrected chi connectivity index (χ3v) is 5.00. The summed E-state index contributed by atoms with van der Waals surface area (Å²) < 4.78 is 40.4. The van der Waals surface area contributed by atoms with Crippen molar-refractivity contribution < 1.29 is 38.0 Å². The van der Waals surface area contributed by atoms with Gasteiger partial charge < -0.3 is 25.0 Å². The summed E-state index contributed by atoms with van der Waals surface area (Å²) in [5, 5.41) is 31.1. The molecule has 12 heteroatoms. The fourth-order valence-electron chi connectivity index (χ4n) is 3.32. The summed E-state index contributed by atoms with van der Waals surface area (Å²) in [6, 6.07) is 3.49. The predicted octanol–water partition coefficient (Wildman–Crippen LogP) is 2.39. The van der Waals surface area contributed by atoms with E-state index in [9.17, 15) is 28.2 Å². The van der Waals surface area contributed by atoms with Crippen LogP contribution in [-0.4, -0.2) is 68.4 Å². The number of urea groups is 1. The van der Waals surface area contributed by atoms with Crippen molar-refractivity contribution in [3.63, 3.8) is 0 Å². The van der Waals surface area contributed by atoms with E-state index >= 15 is 0 Å². The molecule has 4 N–H and O–H groups in total. The number of carbonyl (C=O) groups is 1. The fourth-order valence-corrected chi connectivity index (χ4v) is 3.32. The summed E-state index contributed by atoms with van der Waals surface area (Å²) in [5.74, 6) is -0.403. The molecule has 0 aromatic carbocycles. The SMILES string of the molecule is Cc1cc([C@H](O)[C@@H](O)CO)cnc1C1=CCN(C(=O)Nc2ccc(OC(F)(F)F)cn2)CC1. The number of aliphatic hydroxyl groups excluding tert-OH is 3. The maximum atomic E-state index is 12.5. The standard InChI is InChI=1S/C21H23F3N4O5/c1-12-8-14(19(31)16(30)11-29)9-26-18(12)13-4-6-28(7-5-13)20(32)27-17-3-2-15(10-25-17)33-21(22,23)24/h2-4,8-10,16,19,29-31H,5-7,11H2,1H3,(H,25,27,32)/t16-,19-/m0/s1. The molecule has 1 aliphatic rings. The van der Waals surface area contributed by atoms with E-state index in [1.807, 2.05) is 13.0 Å². The smallest absolute Gasteiger partial charge is 0.404 e. The second-order valence-corrected chi connectivity index (χ2v) is 7.41. The Labute approximate surface area is 187 Å². The Hall–Kier alpha value is -3.22. The number of rotatable bonds is 6. The van der Waals surface area contributed by atoms with Gasteiger partial charge in [0.05, 0.1) is 18.5 Å². The van der Waals surface area contributed by atoms with E-state index in [0.717, 1.165) is 23.4 Å². The van der Waals surface area contributed by atoms with E-state index in [0.29, 0.717) is 24.2 Å². The monoisotopic (exact) mass is 468 g/mol. The second kappa shape index (κ2) is 10.1. The van der Waals surface area contributed by atoms with Gasteiger partial charge in [-0.1, -0.05) is 6.08 Å². The van der Waals surface area contributed by atoms with Crippen molar-refractivity contribution in [3.8, 4) is 5.75 Å². The molecule has 0 saturated heterocycles. The summed E-state index contributed by atoms with van der Waals surface area (Å²) in [6.07, 6.45) is -2.73. The van der Waals surface area contributed by atoms with Crippen molar-refractivity contribution in [1.29, 1.82) is 0 Å². The first kappa shape index (κ1) is 24.4. The number of aromatic nitrogens is 2. The minimum atomic E-state index is -4.82. The number of aryl methyl sites for hydroxylation is 1. The van der Waals surface area contributed by atoms with Gasteiger partial charge in [-0.05, 0) is 42.7 Å². The quantitative estimate of drug-likeness (QED) is 0.513. The first-order valence-electron chi connectivity index (χ1n) is 9.98. The highest BCUT2D eigenvalue weighted by atomic mass is 19.4. The Morgan fingerprint density at radius 3 is 2.58 bits per heavy atom. The topological polar surface area (TPSA) is 128 Å². The Morgan fingerprint density at radius 2 is 2.03 bits per heavy atom. The van der Waals surface area contributed by atoms with Crippen LogP contribution in [0.5, 0.6) is 5.75 Å². The first-order chi connectivity index (χ1) is 15.6. The number of nitrogens with zero attached hydrogens (tertiary/aromatic N) is 3. The number of halogens is 3. The van der Waals surface area contributed by atoms with Crippen molar-refractivity contribution in [3.05, 3.63) is 53.5 Å². The van der Waals surface area contributed by atoms with Crippen LogP contribution in [0.1, 0.15) is 29.3 Å². The van der Waals surface area contributed by atoms with Crippen LogP contribution in [0.4, 0.5) is 23.8 Å². The molecule has 0 aliphatic carbocycles. The van der Waals surface area contributed by atoms with Crippen molar-refractivity contribution >= 4 is 17.4 Å². The normalized spacial score (nSPS) is 16.1. The Balaban J connectivity index is 1.60. The minimum absolute atomic E-state index is 0.0843. The van der Waals surface area contributed by atoms with Crippen molar-refractivity contribution in [2.45, 2.75) is 31.9 Å². The molecule has 2 aromatic heterocycles. The molecule has 2 atom stereocenters. The van der Waals surface area contributed by atoms with Gasteiger partial charge in [0.15, 0.2) is 0 Å². The second-order valence-electron chi connectivity index (χ2n) is 7.41. The van der Waals surface area contributed by atoms with Crippen LogP contribution < -0.4 is 10.1 Å². The summed E-state index contributed by atoms with van der Waals surface area (Å²) in [7, 11) is 0. The van der Waals surface area contributed by atoms with E-state index in [1.165, 1.54) is 17.2 Å². The highest BCUT2D eigenvalue weighted by Crippen LogP contribution is 2.27. The fraction of sp³-hybridized carbons (Fsp3) is 0.381. The van der Waals surface area contributed by atoms with E-state index in [1.54, 1.807) is 6.07 Å². The molecule has 0 unspecified atom stereocenters. The minimum Gasteiger partial charge on any atom is -0.404 e. The highest BCUT2D eigenvalue weighted by Gasteiger charge is 2.31. The van der Waals surface area contributed by atoms with Crippen LogP contribution in [0.15, 0.2) is 36.7 Å². The zero-order valence-electron chi connectivity index (χ0n) is 17.6. The third-order valence-electron chi connectivity index (χ3n) is 5.00. The maximum Gasteiger partial charge on any atom is 0.573 e. The molecule has 3 heterocycles. The van der Waals surface area contributed by atoms with Gasteiger partial charge in [0, 0.05) is 24.8 Å². The molecular weight excluding hydrogens is 445 g/mol. The van der Waals surface area contributed by atoms with Crippen LogP contribution in [0.25, 0.3) is 5.57 Å². The zero-order chi connectivity index (χ0) is 24.2. The van der Waals surface area contributed by atoms with Crippen molar-refractivity contribution in [1.82, 2.24) is 14.9 Å². The summed E-state index contributed by atoms with van der Waals surface area (Å²) in [5.41, 5.74) is 2.76. The van der Waals surface area contributed by atoms with Crippen LogP contribution in [0.3, 0.4) is 0 Å². The highest BCUT2D eigenvalue weighted by molar-refractivity contribution is 5.89. The van der Waals surface area contributed by atoms with Gasteiger partial charge in [-0.3, -0.25) is 10.3 Å². The molecule has 178 valence electrons. The molecule has 3 rings (SSSR count). The Bertz CT molecular complexity index is 1010. The number of hydrogen-bond donors (Lipinski definition) is 4. The van der Waals surface area contributed by atoms with Gasteiger partial charge in [-0.15, -0.1) is 13.2 Å². The van der Waals surface area contributed by atoms with Crippen LogP contribution in [0.2, 0.25) is 0 Å². The van der Waals surface area contributed by atoms with Crippen LogP contribution in [-0.2, 0) is 0 Å². The molecule has 1 aliphatic heterocycles. The number of alkyl halides is 3. The largest absolute Gasteiger partial charge is 0.573 e. The summed E-state index contributed by atoms with van der Waals surface area (Å²) in [6.45, 7) is 1.89. The summed E-state index contributed by atoms with van der Waals surface area (Å²) in [4.78, 5) is 22.1. The lowest BCUT2D eigenvalue weighted by Crippen LogP contribution is -2.38. The third kappa shape index (κ3) is 6.40. The van der Waals surface area contributed by atoms with Crippen LogP contribution in [0, 0.1) is 6.92 Å². The Kier molecular flexibility index (Phi) is 7.51. The van der Waals surface area contributed by atoms with Gasteiger partial charge in [0.1, 0.15) is 23.8 Å². The predicted molar refractivity (Wildman–Crippen MR) is 111 cm³/mol. The number of anilines is 1. The number of nitrogens with one attached hydrogen (secondary N) is 1. The van der Waals surface area contributed by atoms with Gasteiger partial charge in [-0.2, -0.15) is 0 Å². The van der Waals surface area contributed by atoms with Crippen molar-refractivity contribution in [2.75, 3.05) is 25.0 Å². The zero-order valence-corrected chi connectivity index (χ0v) is 17.6. The van der Waals surface area contributed by atoms with Crippen molar-refractivity contribution in [2.24, 2.45) is 0 Å². The van der Waals surface area contributed by atoms with Gasteiger partial charge >= 0.3 is 12.4 Å². The molecule has 2 aromatic rings. The number of ether oxygens (including phenoxy) is 1. The molecule has 33 heavy (non-hydrogen) atoms. The number of hydrogen-bond acceptors (Lipinski definition) is 7. The number of pyridine rings is 2. The molecule has 0 fully saturated rings. The number of amides is 2. The molecule has 0 radical (unpaired) electrons. The first-order valence-corrected chi connectivity index (χ1v) is 9.98. The van der Waals surface area contributed by atoms with E-state index in [4.69, 9.17) is 5.11 Å². The number of aliphatic hydroxyl groups is 3. The average molecular weight is 468 g/mol. The van der Waals surface area contributed by atoms with E-state index < -0.39 is 37.0 Å². The van der Waals surface area contributed by atoms with E-state index in [2.05, 4.69) is 20.0 Å². The van der Waals surface area contributed by atoms with Gasteiger partial charge in [0.25, 0.3) is 0 Å². The average Bonchev–Trinajstić information content (AvgIpc) is 2.78. The molecule has 9 nitrogen and oxygen atoms in total. The van der Waals surface area contributed by atoms with Crippen LogP contribution >= 0.6 is 0 Å². The maximum absolute atomic E-state index is 12.5. The van der Waals surface area contributed by atoms with E-state index in [-0.39, 0.29) is 12.4 Å². The summed E-state index contributed by atoms with van der Waals surface area (Å²) >= 11 is 0. The van der Waals surface area contributed by atoms with Gasteiger partial charge in [0.2, 0.25) is 0 Å².